The zero-order chi connectivity index (χ0) is 16.3. The number of hydrogen-bond acceptors (Lipinski definition) is 5. The Morgan fingerprint density at radius 2 is 1.86 bits per heavy atom. The summed E-state index contributed by atoms with van der Waals surface area (Å²) >= 11 is 1.20. The molecular formula is C16H22N4OS. The second-order valence-electron chi connectivity index (χ2n) is 6.54. The van der Waals surface area contributed by atoms with Crippen LogP contribution in [0, 0.1) is 5.41 Å². The Morgan fingerprint density at radius 3 is 2.41 bits per heavy atom. The van der Waals surface area contributed by atoms with Gasteiger partial charge in [-0.25, -0.2) is 0 Å². The van der Waals surface area contributed by atoms with Gasteiger partial charge in [0.1, 0.15) is 10.7 Å². The normalized spacial score (nSPS) is 13.2. The number of aromatic nitrogens is 2. The van der Waals surface area contributed by atoms with E-state index in [1.807, 2.05) is 49.3 Å². The highest BCUT2D eigenvalue weighted by Gasteiger charge is 2.33. The van der Waals surface area contributed by atoms with Crippen LogP contribution in [-0.4, -0.2) is 40.5 Å². The minimum absolute atomic E-state index is 0.0410. The lowest BCUT2D eigenvalue weighted by Gasteiger charge is -2.34. The van der Waals surface area contributed by atoms with Gasteiger partial charge in [-0.15, -0.1) is 5.10 Å². The highest BCUT2D eigenvalue weighted by atomic mass is 32.1. The van der Waals surface area contributed by atoms with Crippen LogP contribution in [0.4, 0.5) is 5.00 Å². The molecular weight excluding hydrogens is 296 g/mol. The van der Waals surface area contributed by atoms with Crippen molar-refractivity contribution in [1.29, 1.82) is 0 Å². The number of likely N-dealkylation sites (N-methyl/N-ethyl adjacent to an activating group) is 1. The molecule has 1 aromatic carbocycles. The summed E-state index contributed by atoms with van der Waals surface area (Å²) in [5, 5.41) is 7.82. The van der Waals surface area contributed by atoms with E-state index < -0.39 is 0 Å². The van der Waals surface area contributed by atoms with Crippen molar-refractivity contribution in [2.24, 2.45) is 5.41 Å². The molecule has 0 spiro atoms. The number of amides is 1. The Bertz CT molecular complexity index is 631. The van der Waals surface area contributed by atoms with E-state index in [0.29, 0.717) is 10.7 Å². The van der Waals surface area contributed by atoms with E-state index in [0.717, 1.165) is 5.56 Å². The lowest BCUT2D eigenvalue weighted by molar-refractivity contribution is -0.123. The van der Waals surface area contributed by atoms with Gasteiger partial charge < -0.3 is 5.32 Å². The van der Waals surface area contributed by atoms with Gasteiger partial charge in [-0.2, -0.15) is 0 Å². The highest BCUT2D eigenvalue weighted by molar-refractivity contribution is 7.10. The summed E-state index contributed by atoms with van der Waals surface area (Å²) in [7, 11) is 3.83. The molecule has 2 aromatic rings. The zero-order valence-electron chi connectivity index (χ0n) is 13.6. The molecule has 118 valence electrons. The van der Waals surface area contributed by atoms with E-state index in [1.54, 1.807) is 0 Å². The van der Waals surface area contributed by atoms with Crippen LogP contribution in [0.2, 0.25) is 0 Å². The van der Waals surface area contributed by atoms with Gasteiger partial charge in [0.25, 0.3) is 0 Å². The molecule has 5 nitrogen and oxygen atoms in total. The van der Waals surface area contributed by atoms with Gasteiger partial charge in [-0.3, -0.25) is 9.69 Å². The first kappa shape index (κ1) is 16.6. The minimum Gasteiger partial charge on any atom is -0.313 e. The molecule has 0 bridgehead atoms. The maximum absolute atomic E-state index is 12.7. The Balaban J connectivity index is 2.25. The third-order valence-electron chi connectivity index (χ3n) is 3.36. The number of hydrogen-bond donors (Lipinski definition) is 1. The highest BCUT2D eigenvalue weighted by Crippen LogP contribution is 2.30. The van der Waals surface area contributed by atoms with Crippen molar-refractivity contribution in [2.45, 2.75) is 26.8 Å². The standard InChI is InChI=1S/C16H22N4OS/c1-16(2,3)13(20(4)5)14(21)17-15-12(18-19-22-15)11-9-7-6-8-10-11/h6-10,13H,1-5H3,(H,17,21)/t13-/m1/s1. The van der Waals surface area contributed by atoms with Gasteiger partial charge in [0.15, 0.2) is 0 Å². The van der Waals surface area contributed by atoms with Gasteiger partial charge in [0.2, 0.25) is 5.91 Å². The van der Waals surface area contributed by atoms with Crippen molar-refractivity contribution in [1.82, 2.24) is 14.5 Å². The SMILES string of the molecule is CN(C)[C@H](C(=O)Nc1snnc1-c1ccccc1)C(C)(C)C. The van der Waals surface area contributed by atoms with E-state index in [-0.39, 0.29) is 17.4 Å². The summed E-state index contributed by atoms with van der Waals surface area (Å²) < 4.78 is 3.98. The molecule has 22 heavy (non-hydrogen) atoms. The third-order valence-corrected chi connectivity index (χ3v) is 4.00. The van der Waals surface area contributed by atoms with E-state index in [4.69, 9.17) is 0 Å². The number of nitrogens with one attached hydrogen (secondary N) is 1. The zero-order valence-corrected chi connectivity index (χ0v) is 14.4. The van der Waals surface area contributed by atoms with Crippen molar-refractivity contribution in [3.05, 3.63) is 30.3 Å². The van der Waals surface area contributed by atoms with Crippen LogP contribution in [0.1, 0.15) is 20.8 Å². The van der Waals surface area contributed by atoms with Gasteiger partial charge in [0, 0.05) is 17.1 Å². The van der Waals surface area contributed by atoms with Gasteiger partial charge in [-0.05, 0) is 19.5 Å². The number of benzene rings is 1. The first-order valence-corrected chi connectivity index (χ1v) is 7.93. The average Bonchev–Trinajstić information content (AvgIpc) is 2.85. The fraction of sp³-hybridized carbons (Fsp3) is 0.438. The second-order valence-corrected chi connectivity index (χ2v) is 7.29. The number of anilines is 1. The number of nitrogens with zero attached hydrogens (tertiary/aromatic N) is 3. The second kappa shape index (κ2) is 6.54. The predicted octanol–water partition coefficient (Wildman–Crippen LogP) is 3.12. The molecule has 6 heteroatoms. The van der Waals surface area contributed by atoms with Crippen LogP contribution in [0.3, 0.4) is 0 Å². The number of rotatable bonds is 4. The van der Waals surface area contributed by atoms with Crippen molar-refractivity contribution in [3.8, 4) is 11.3 Å². The van der Waals surface area contributed by atoms with Crippen LogP contribution in [0.25, 0.3) is 11.3 Å². The third kappa shape index (κ3) is 3.69. The molecule has 1 N–H and O–H groups in total. The summed E-state index contributed by atoms with van der Waals surface area (Å²) in [6.07, 6.45) is 0. The summed E-state index contributed by atoms with van der Waals surface area (Å²) in [5.74, 6) is -0.0410. The molecule has 0 unspecified atom stereocenters. The summed E-state index contributed by atoms with van der Waals surface area (Å²) in [6.45, 7) is 6.17. The molecule has 1 amide bonds. The number of carbonyl (C=O) groups excluding carboxylic acids is 1. The maximum Gasteiger partial charge on any atom is 0.242 e. The van der Waals surface area contributed by atoms with E-state index in [9.17, 15) is 4.79 Å². The summed E-state index contributed by atoms with van der Waals surface area (Å²) in [4.78, 5) is 14.6. The van der Waals surface area contributed by atoms with Crippen LogP contribution in [0.15, 0.2) is 30.3 Å². The lowest BCUT2D eigenvalue weighted by atomic mass is 9.85. The Labute approximate surface area is 135 Å². The van der Waals surface area contributed by atoms with Crippen molar-refractivity contribution < 1.29 is 4.79 Å². The summed E-state index contributed by atoms with van der Waals surface area (Å²) in [6, 6.07) is 9.51. The van der Waals surface area contributed by atoms with Gasteiger partial charge in [-0.1, -0.05) is 55.6 Å². The first-order valence-electron chi connectivity index (χ1n) is 7.16. The molecule has 0 aliphatic heterocycles. The quantitative estimate of drug-likeness (QED) is 0.941. The average molecular weight is 318 g/mol. The molecule has 0 saturated heterocycles. The number of carbonyl (C=O) groups is 1. The Morgan fingerprint density at radius 1 is 1.23 bits per heavy atom. The Kier molecular flexibility index (Phi) is 4.93. The molecule has 2 rings (SSSR count). The molecule has 0 fully saturated rings. The van der Waals surface area contributed by atoms with Crippen molar-refractivity contribution in [2.75, 3.05) is 19.4 Å². The van der Waals surface area contributed by atoms with Gasteiger partial charge in [0.05, 0.1) is 6.04 Å². The molecule has 1 heterocycles. The molecule has 0 radical (unpaired) electrons. The fourth-order valence-corrected chi connectivity index (χ4v) is 3.24. The van der Waals surface area contributed by atoms with E-state index in [1.165, 1.54) is 11.5 Å². The lowest BCUT2D eigenvalue weighted by Crippen LogP contribution is -2.48. The maximum atomic E-state index is 12.7. The molecule has 1 aromatic heterocycles. The Hall–Kier alpha value is -1.79. The molecule has 0 aliphatic carbocycles. The first-order chi connectivity index (χ1) is 10.3. The van der Waals surface area contributed by atoms with Crippen LogP contribution >= 0.6 is 11.5 Å². The van der Waals surface area contributed by atoms with Crippen LogP contribution in [-0.2, 0) is 4.79 Å². The minimum atomic E-state index is -0.238. The topological polar surface area (TPSA) is 58.1 Å². The fourth-order valence-electron chi connectivity index (χ4n) is 2.64. The monoisotopic (exact) mass is 318 g/mol. The molecule has 0 saturated carbocycles. The predicted molar refractivity (Wildman–Crippen MR) is 90.9 cm³/mol. The van der Waals surface area contributed by atoms with Crippen LogP contribution in [0.5, 0.6) is 0 Å². The van der Waals surface area contributed by atoms with E-state index in [2.05, 4.69) is 35.7 Å². The van der Waals surface area contributed by atoms with Crippen molar-refractivity contribution in [3.63, 3.8) is 0 Å². The van der Waals surface area contributed by atoms with Crippen molar-refractivity contribution >= 4 is 22.4 Å². The van der Waals surface area contributed by atoms with Crippen LogP contribution < -0.4 is 5.32 Å². The largest absolute Gasteiger partial charge is 0.313 e. The van der Waals surface area contributed by atoms with Gasteiger partial charge >= 0.3 is 0 Å². The molecule has 0 aliphatic rings. The summed E-state index contributed by atoms with van der Waals surface area (Å²) in [5.41, 5.74) is 1.49. The molecule has 1 atom stereocenters. The smallest absolute Gasteiger partial charge is 0.242 e. The van der Waals surface area contributed by atoms with E-state index >= 15 is 0 Å².